The van der Waals surface area contributed by atoms with Gasteiger partial charge in [0.05, 0.1) is 13.5 Å². The highest BCUT2D eigenvalue weighted by atomic mass is 35.5. The lowest BCUT2D eigenvalue weighted by Crippen LogP contribution is -2.49. The molecule has 2 rings (SSSR count). The number of carbonyl (C=O) groups excluding carboxylic acids is 1. The Morgan fingerprint density at radius 1 is 1.40 bits per heavy atom. The van der Waals surface area contributed by atoms with Gasteiger partial charge in [-0.05, 0) is 63.1 Å². The molecule has 0 unspecified atom stereocenters. The van der Waals surface area contributed by atoms with Crippen molar-refractivity contribution < 1.29 is 9.53 Å². The Bertz CT molecular complexity index is 646. The number of rotatable bonds is 5. The number of carbonyl (C=O) groups is 1. The van der Waals surface area contributed by atoms with Crippen molar-refractivity contribution in [2.45, 2.75) is 58.4 Å². The van der Waals surface area contributed by atoms with Crippen LogP contribution in [0.3, 0.4) is 0 Å². The molecule has 3 nitrogen and oxygen atoms in total. The Morgan fingerprint density at radius 3 is 2.60 bits per heavy atom. The quantitative estimate of drug-likeness (QED) is 0.705. The lowest BCUT2D eigenvalue weighted by Gasteiger charge is -2.43. The van der Waals surface area contributed by atoms with E-state index in [-0.39, 0.29) is 17.9 Å². The second-order valence-electron chi connectivity index (χ2n) is 7.49. The Morgan fingerprint density at radius 2 is 2.04 bits per heavy atom. The van der Waals surface area contributed by atoms with E-state index in [1.807, 2.05) is 43.2 Å². The molecule has 0 heterocycles. The van der Waals surface area contributed by atoms with Crippen LogP contribution in [-0.4, -0.2) is 30.5 Å². The number of hydrogen-bond donors (Lipinski definition) is 0. The first kappa shape index (κ1) is 19.8. The van der Waals surface area contributed by atoms with Crippen molar-refractivity contribution in [3.8, 4) is 5.75 Å². The summed E-state index contributed by atoms with van der Waals surface area (Å²) in [6, 6.07) is 3.81. The van der Waals surface area contributed by atoms with Gasteiger partial charge in [0.2, 0.25) is 5.91 Å². The van der Waals surface area contributed by atoms with Crippen molar-refractivity contribution in [1.82, 2.24) is 4.90 Å². The van der Waals surface area contributed by atoms with Crippen molar-refractivity contribution >= 4 is 23.6 Å². The van der Waals surface area contributed by atoms with E-state index in [1.165, 1.54) is 12.8 Å². The average Bonchev–Trinajstić information content (AvgIpc) is 2.59. The molecule has 1 aliphatic rings. The Balaban J connectivity index is 2.19. The average molecular weight is 364 g/mol. The van der Waals surface area contributed by atoms with Crippen LogP contribution in [0.1, 0.15) is 57.6 Å². The van der Waals surface area contributed by atoms with Gasteiger partial charge in [0.25, 0.3) is 0 Å². The number of amides is 1. The molecule has 0 radical (unpaired) electrons. The number of benzene rings is 1. The SMILES string of the molecule is C/C=C/c1cc(Cl)c(CC(=O)N(C)C2(C)CCC(C)CC2)c(OC)c1. The Kier molecular flexibility index (Phi) is 6.56. The summed E-state index contributed by atoms with van der Waals surface area (Å²) < 4.78 is 5.49. The molecule has 25 heavy (non-hydrogen) atoms. The molecular weight excluding hydrogens is 334 g/mol. The smallest absolute Gasteiger partial charge is 0.227 e. The lowest BCUT2D eigenvalue weighted by molar-refractivity contribution is -0.135. The van der Waals surface area contributed by atoms with Gasteiger partial charge < -0.3 is 9.64 Å². The molecule has 1 aromatic rings. The van der Waals surface area contributed by atoms with E-state index in [2.05, 4.69) is 13.8 Å². The summed E-state index contributed by atoms with van der Waals surface area (Å²) in [7, 11) is 3.54. The second kappa shape index (κ2) is 8.27. The zero-order valence-corrected chi connectivity index (χ0v) is 16.8. The first-order chi connectivity index (χ1) is 11.8. The fraction of sp³-hybridized carbons (Fsp3) is 0.571. The Labute approximate surface area is 157 Å². The molecular formula is C21H30ClNO2. The molecule has 0 atom stereocenters. The van der Waals surface area contributed by atoms with E-state index in [4.69, 9.17) is 16.3 Å². The number of hydrogen-bond acceptors (Lipinski definition) is 2. The number of halogens is 1. The highest BCUT2D eigenvalue weighted by Crippen LogP contribution is 2.36. The fourth-order valence-corrected chi connectivity index (χ4v) is 3.85. The summed E-state index contributed by atoms with van der Waals surface area (Å²) in [6.07, 6.45) is 8.65. The van der Waals surface area contributed by atoms with E-state index in [9.17, 15) is 4.79 Å². The minimum absolute atomic E-state index is 0.0613. The van der Waals surface area contributed by atoms with E-state index in [1.54, 1.807) is 7.11 Å². The molecule has 1 saturated carbocycles. The zero-order valence-electron chi connectivity index (χ0n) is 16.1. The molecule has 138 valence electrons. The third kappa shape index (κ3) is 4.58. The second-order valence-corrected chi connectivity index (χ2v) is 7.90. The van der Waals surface area contributed by atoms with Gasteiger partial charge in [-0.2, -0.15) is 0 Å². The summed E-state index contributed by atoms with van der Waals surface area (Å²) in [5, 5.41) is 0.580. The van der Waals surface area contributed by atoms with Gasteiger partial charge in [0.15, 0.2) is 0 Å². The van der Waals surface area contributed by atoms with Gasteiger partial charge in [-0.25, -0.2) is 0 Å². The van der Waals surface area contributed by atoms with Crippen LogP contribution in [0.5, 0.6) is 5.75 Å². The molecule has 1 amide bonds. The van der Waals surface area contributed by atoms with E-state index in [0.29, 0.717) is 10.8 Å². The lowest BCUT2D eigenvalue weighted by atomic mass is 9.77. The van der Waals surface area contributed by atoms with Crippen LogP contribution in [0, 0.1) is 5.92 Å². The van der Waals surface area contributed by atoms with Gasteiger partial charge in [-0.15, -0.1) is 0 Å². The topological polar surface area (TPSA) is 29.5 Å². The number of ether oxygens (including phenoxy) is 1. The predicted octanol–water partition coefficient (Wildman–Crippen LogP) is 5.35. The van der Waals surface area contributed by atoms with Crippen LogP contribution in [-0.2, 0) is 11.2 Å². The highest BCUT2D eigenvalue weighted by Gasteiger charge is 2.36. The maximum atomic E-state index is 12.9. The standard InChI is InChI=1S/C21H30ClNO2/c1-6-7-16-12-18(22)17(19(13-16)25-5)14-20(24)23(4)21(3)10-8-15(2)9-11-21/h6-7,12-13,15H,8-11,14H2,1-5H3/b7-6+. The van der Waals surface area contributed by atoms with Crippen molar-refractivity contribution in [3.63, 3.8) is 0 Å². The minimum Gasteiger partial charge on any atom is -0.496 e. The summed E-state index contributed by atoms with van der Waals surface area (Å²) in [5.41, 5.74) is 1.68. The zero-order chi connectivity index (χ0) is 18.6. The summed E-state index contributed by atoms with van der Waals surface area (Å²) in [6.45, 7) is 6.45. The van der Waals surface area contributed by atoms with Crippen LogP contribution in [0.4, 0.5) is 0 Å². The first-order valence-corrected chi connectivity index (χ1v) is 9.44. The number of likely N-dealkylation sites (N-methyl/N-ethyl adjacent to an activating group) is 1. The molecule has 4 heteroatoms. The van der Waals surface area contributed by atoms with Gasteiger partial charge >= 0.3 is 0 Å². The van der Waals surface area contributed by atoms with Gasteiger partial charge in [-0.1, -0.05) is 30.7 Å². The molecule has 1 aliphatic carbocycles. The van der Waals surface area contributed by atoms with E-state index in [0.717, 1.165) is 29.9 Å². The molecule has 0 aromatic heterocycles. The summed E-state index contributed by atoms with van der Waals surface area (Å²) in [4.78, 5) is 14.9. The van der Waals surface area contributed by atoms with Crippen LogP contribution in [0.25, 0.3) is 6.08 Å². The first-order valence-electron chi connectivity index (χ1n) is 9.06. The molecule has 0 bridgehead atoms. The van der Waals surface area contributed by atoms with Crippen LogP contribution in [0.15, 0.2) is 18.2 Å². The number of methoxy groups -OCH3 is 1. The summed E-state index contributed by atoms with van der Waals surface area (Å²) in [5.74, 6) is 1.52. The third-order valence-electron chi connectivity index (χ3n) is 5.62. The fourth-order valence-electron chi connectivity index (χ4n) is 3.56. The molecule has 1 fully saturated rings. The predicted molar refractivity (Wildman–Crippen MR) is 105 cm³/mol. The molecule has 0 spiro atoms. The largest absolute Gasteiger partial charge is 0.496 e. The van der Waals surface area contributed by atoms with Gasteiger partial charge in [0.1, 0.15) is 5.75 Å². The van der Waals surface area contributed by atoms with Crippen molar-refractivity contribution in [3.05, 3.63) is 34.4 Å². The van der Waals surface area contributed by atoms with Crippen LogP contribution < -0.4 is 4.74 Å². The number of allylic oxidation sites excluding steroid dienone is 1. The maximum absolute atomic E-state index is 12.9. The number of nitrogens with zero attached hydrogens (tertiary/aromatic N) is 1. The highest BCUT2D eigenvalue weighted by molar-refractivity contribution is 6.32. The van der Waals surface area contributed by atoms with Crippen molar-refractivity contribution in [2.24, 2.45) is 5.92 Å². The van der Waals surface area contributed by atoms with E-state index < -0.39 is 0 Å². The van der Waals surface area contributed by atoms with Crippen molar-refractivity contribution in [1.29, 1.82) is 0 Å². The maximum Gasteiger partial charge on any atom is 0.227 e. The van der Waals surface area contributed by atoms with Crippen LogP contribution in [0.2, 0.25) is 5.02 Å². The molecule has 1 aromatic carbocycles. The molecule has 0 aliphatic heterocycles. The normalized spacial score (nSPS) is 23.7. The molecule has 0 saturated heterocycles. The minimum atomic E-state index is -0.0613. The van der Waals surface area contributed by atoms with Crippen molar-refractivity contribution in [2.75, 3.05) is 14.2 Å². The van der Waals surface area contributed by atoms with Crippen LogP contribution >= 0.6 is 11.6 Å². The van der Waals surface area contributed by atoms with Gasteiger partial charge in [0, 0.05) is 23.2 Å². The summed E-state index contributed by atoms with van der Waals surface area (Å²) >= 11 is 6.45. The monoisotopic (exact) mass is 363 g/mol. The van der Waals surface area contributed by atoms with Gasteiger partial charge in [-0.3, -0.25) is 4.79 Å². The molecule has 0 N–H and O–H groups in total. The Hall–Kier alpha value is -1.48. The third-order valence-corrected chi connectivity index (χ3v) is 5.96. The van der Waals surface area contributed by atoms with E-state index >= 15 is 0 Å².